The maximum Gasteiger partial charge on any atom is 0.212 e. The predicted octanol–water partition coefficient (Wildman–Crippen LogP) is 3.31. The molecule has 0 saturated heterocycles. The molecule has 1 heterocycles. The molecule has 98 valence electrons. The van der Waals surface area contributed by atoms with Crippen molar-refractivity contribution in [3.05, 3.63) is 59.2 Å². The zero-order valence-corrected chi connectivity index (χ0v) is 11.8. The van der Waals surface area contributed by atoms with Crippen LogP contribution in [0.2, 0.25) is 0 Å². The fraction of sp³-hybridized carbons (Fsp3) is 0.312. The van der Waals surface area contributed by atoms with E-state index in [1.165, 1.54) is 11.8 Å². The van der Waals surface area contributed by atoms with Crippen LogP contribution in [0.3, 0.4) is 0 Å². The molecular weight excluding hydrogens is 236 g/mol. The van der Waals surface area contributed by atoms with Gasteiger partial charge >= 0.3 is 0 Å². The molecule has 1 aromatic carbocycles. The first-order valence-electron chi connectivity index (χ1n) is 6.32. The Labute approximate surface area is 113 Å². The van der Waals surface area contributed by atoms with Gasteiger partial charge in [0.15, 0.2) is 0 Å². The van der Waals surface area contributed by atoms with Gasteiger partial charge in [0, 0.05) is 11.8 Å². The van der Waals surface area contributed by atoms with Crippen LogP contribution in [-0.4, -0.2) is 15.8 Å². The molecule has 0 radical (unpaired) electrons. The summed E-state index contributed by atoms with van der Waals surface area (Å²) in [6.45, 7) is 8.29. The van der Waals surface area contributed by atoms with E-state index in [1.54, 1.807) is 6.20 Å². The van der Waals surface area contributed by atoms with Gasteiger partial charge in [-0.1, -0.05) is 45.0 Å². The van der Waals surface area contributed by atoms with Gasteiger partial charge in [0.25, 0.3) is 0 Å². The molecule has 1 aromatic heterocycles. The monoisotopic (exact) mass is 254 g/mol. The summed E-state index contributed by atoms with van der Waals surface area (Å²) in [4.78, 5) is 20.4. The van der Waals surface area contributed by atoms with Gasteiger partial charge in [-0.15, -0.1) is 0 Å². The fourth-order valence-electron chi connectivity index (χ4n) is 1.78. The normalized spacial score (nSPS) is 11.4. The van der Waals surface area contributed by atoms with Gasteiger partial charge in [0.2, 0.25) is 5.78 Å². The van der Waals surface area contributed by atoms with Crippen molar-refractivity contribution in [1.82, 2.24) is 9.97 Å². The van der Waals surface area contributed by atoms with Crippen molar-refractivity contribution in [2.24, 2.45) is 0 Å². The molecule has 0 N–H and O–H groups in total. The van der Waals surface area contributed by atoms with Crippen molar-refractivity contribution in [3.8, 4) is 0 Å². The Morgan fingerprint density at radius 3 is 2.11 bits per heavy atom. The lowest BCUT2D eigenvalue weighted by Crippen LogP contribution is -2.11. The molecule has 0 aliphatic carbocycles. The van der Waals surface area contributed by atoms with Gasteiger partial charge in [-0.3, -0.25) is 9.78 Å². The molecule has 0 unspecified atom stereocenters. The Morgan fingerprint density at radius 2 is 1.63 bits per heavy atom. The van der Waals surface area contributed by atoms with Crippen molar-refractivity contribution in [2.75, 3.05) is 0 Å². The van der Waals surface area contributed by atoms with E-state index in [4.69, 9.17) is 0 Å². The van der Waals surface area contributed by atoms with E-state index in [0.29, 0.717) is 11.3 Å². The summed E-state index contributed by atoms with van der Waals surface area (Å²) in [5, 5.41) is 0. The summed E-state index contributed by atoms with van der Waals surface area (Å²) in [7, 11) is 0. The quantitative estimate of drug-likeness (QED) is 0.772. The number of ketones is 1. The van der Waals surface area contributed by atoms with Crippen molar-refractivity contribution in [1.29, 1.82) is 0 Å². The summed E-state index contributed by atoms with van der Waals surface area (Å²) >= 11 is 0. The van der Waals surface area contributed by atoms with Crippen LogP contribution in [0, 0.1) is 6.92 Å². The number of carbonyl (C=O) groups excluding carboxylic acids is 1. The number of nitrogens with zero attached hydrogens (tertiary/aromatic N) is 2. The molecule has 0 aliphatic rings. The van der Waals surface area contributed by atoms with E-state index < -0.39 is 0 Å². The Kier molecular flexibility index (Phi) is 3.47. The highest BCUT2D eigenvalue weighted by molar-refractivity contribution is 6.07. The summed E-state index contributed by atoms with van der Waals surface area (Å²) in [5.41, 5.74) is 3.13. The number of benzene rings is 1. The van der Waals surface area contributed by atoms with Crippen molar-refractivity contribution in [3.63, 3.8) is 0 Å². The second-order valence-electron chi connectivity index (χ2n) is 5.70. The Hall–Kier alpha value is -2.03. The number of rotatable bonds is 2. The number of hydrogen-bond acceptors (Lipinski definition) is 3. The van der Waals surface area contributed by atoms with Gasteiger partial charge in [0.1, 0.15) is 5.69 Å². The maximum absolute atomic E-state index is 12.2. The Bertz CT molecular complexity index is 578. The zero-order valence-electron chi connectivity index (χ0n) is 11.8. The van der Waals surface area contributed by atoms with E-state index in [0.717, 1.165) is 5.69 Å². The number of aromatic nitrogens is 2. The molecular formula is C16H18N2O. The number of hydrogen-bond donors (Lipinski definition) is 0. The third kappa shape index (κ3) is 3.05. The minimum Gasteiger partial charge on any atom is -0.287 e. The fourth-order valence-corrected chi connectivity index (χ4v) is 1.78. The summed E-state index contributed by atoms with van der Waals surface area (Å²) in [6, 6.07) is 7.69. The van der Waals surface area contributed by atoms with Crippen LogP contribution in [-0.2, 0) is 5.41 Å². The van der Waals surface area contributed by atoms with Crippen molar-refractivity contribution >= 4 is 5.78 Å². The molecule has 0 bridgehead atoms. The second kappa shape index (κ2) is 4.92. The second-order valence-corrected chi connectivity index (χ2v) is 5.70. The highest BCUT2D eigenvalue weighted by atomic mass is 16.1. The Morgan fingerprint density at radius 1 is 1.00 bits per heavy atom. The highest BCUT2D eigenvalue weighted by Gasteiger charge is 2.15. The van der Waals surface area contributed by atoms with E-state index in [2.05, 4.69) is 30.7 Å². The molecule has 0 fully saturated rings. The van der Waals surface area contributed by atoms with Crippen LogP contribution in [0.15, 0.2) is 36.7 Å². The van der Waals surface area contributed by atoms with Gasteiger partial charge < -0.3 is 0 Å². The minimum atomic E-state index is -0.0899. The molecule has 0 spiro atoms. The van der Waals surface area contributed by atoms with Gasteiger partial charge in [-0.05, 0) is 17.9 Å². The minimum absolute atomic E-state index is 0.0885. The lowest BCUT2D eigenvalue weighted by molar-refractivity contribution is 0.103. The first-order valence-corrected chi connectivity index (χ1v) is 6.32. The first kappa shape index (κ1) is 13.4. The average Bonchev–Trinajstić information content (AvgIpc) is 2.38. The van der Waals surface area contributed by atoms with E-state index in [-0.39, 0.29) is 11.2 Å². The predicted molar refractivity (Wildman–Crippen MR) is 75.3 cm³/mol. The summed E-state index contributed by atoms with van der Waals surface area (Å²) < 4.78 is 0. The molecule has 19 heavy (non-hydrogen) atoms. The first-order chi connectivity index (χ1) is 8.88. The summed E-state index contributed by atoms with van der Waals surface area (Å²) in [5.74, 6) is -0.0899. The van der Waals surface area contributed by atoms with Crippen LogP contribution in [0.1, 0.15) is 48.1 Å². The number of aryl methyl sites for hydroxylation is 1. The SMILES string of the molecule is Cc1cnc(C(=O)c2ccc(C(C)(C)C)cc2)cn1. The average molecular weight is 254 g/mol. The van der Waals surface area contributed by atoms with Crippen LogP contribution in [0.4, 0.5) is 0 Å². The molecule has 2 rings (SSSR count). The standard InChI is InChI=1S/C16H18N2O/c1-11-9-18-14(10-17-11)15(19)12-5-7-13(8-6-12)16(2,3)4/h5-10H,1-4H3. The highest BCUT2D eigenvalue weighted by Crippen LogP contribution is 2.22. The van der Waals surface area contributed by atoms with Gasteiger partial charge in [-0.2, -0.15) is 0 Å². The van der Waals surface area contributed by atoms with Crippen molar-refractivity contribution in [2.45, 2.75) is 33.1 Å². The zero-order chi connectivity index (χ0) is 14.0. The van der Waals surface area contributed by atoms with E-state index in [1.807, 2.05) is 31.2 Å². The Balaban J connectivity index is 2.27. The van der Waals surface area contributed by atoms with Gasteiger partial charge in [-0.25, -0.2) is 4.98 Å². The van der Waals surface area contributed by atoms with Crippen LogP contribution in [0.25, 0.3) is 0 Å². The topological polar surface area (TPSA) is 42.9 Å². The van der Waals surface area contributed by atoms with Gasteiger partial charge in [0.05, 0.1) is 11.9 Å². The maximum atomic E-state index is 12.2. The van der Waals surface area contributed by atoms with Crippen LogP contribution in [0.5, 0.6) is 0 Å². The number of carbonyl (C=O) groups is 1. The molecule has 0 atom stereocenters. The molecule has 2 aromatic rings. The van der Waals surface area contributed by atoms with E-state index >= 15 is 0 Å². The molecule has 3 heteroatoms. The summed E-state index contributed by atoms with van der Waals surface area (Å²) in [6.07, 6.45) is 3.13. The molecule has 0 amide bonds. The lowest BCUT2D eigenvalue weighted by Gasteiger charge is -2.18. The molecule has 0 aliphatic heterocycles. The van der Waals surface area contributed by atoms with Crippen molar-refractivity contribution < 1.29 is 4.79 Å². The smallest absolute Gasteiger partial charge is 0.212 e. The van der Waals surface area contributed by atoms with Crippen LogP contribution < -0.4 is 0 Å². The molecule has 0 saturated carbocycles. The van der Waals surface area contributed by atoms with E-state index in [9.17, 15) is 4.79 Å². The third-order valence-electron chi connectivity index (χ3n) is 3.03. The molecule has 3 nitrogen and oxygen atoms in total. The van der Waals surface area contributed by atoms with Crippen LogP contribution >= 0.6 is 0 Å². The third-order valence-corrected chi connectivity index (χ3v) is 3.03. The lowest BCUT2D eigenvalue weighted by atomic mass is 9.86. The largest absolute Gasteiger partial charge is 0.287 e.